The van der Waals surface area contributed by atoms with Crippen molar-refractivity contribution >= 4 is 12.1 Å². The van der Waals surface area contributed by atoms with Gasteiger partial charge in [-0.1, -0.05) is 0 Å². The van der Waals surface area contributed by atoms with Crippen LogP contribution in [0, 0.1) is 34.0 Å². The second-order valence-corrected chi connectivity index (χ2v) is 4.75. The summed E-state index contributed by atoms with van der Waals surface area (Å²) in [5.74, 6) is 0. The topological polar surface area (TPSA) is 128 Å². The number of hydrogen-bond acceptors (Lipinski definition) is 6. The Hall–Kier alpha value is -2.83. The van der Waals surface area contributed by atoms with Gasteiger partial charge in [0.05, 0.1) is 37.5 Å². The minimum atomic E-state index is -0.587. The number of epoxide rings is 1. The van der Waals surface area contributed by atoms with Crippen molar-refractivity contribution in [2.24, 2.45) is 0 Å². The van der Waals surface area contributed by atoms with Crippen molar-refractivity contribution in [3.63, 3.8) is 0 Å². The minimum absolute atomic E-state index is 0.0197. The summed E-state index contributed by atoms with van der Waals surface area (Å²) in [5.41, 5.74) is 0. The quantitative estimate of drug-likeness (QED) is 0.660. The van der Waals surface area contributed by atoms with E-state index in [-0.39, 0.29) is 38.9 Å². The van der Waals surface area contributed by atoms with Crippen LogP contribution in [0.4, 0.5) is 9.59 Å². The highest BCUT2D eigenvalue weighted by molar-refractivity contribution is 5.95. The van der Waals surface area contributed by atoms with E-state index >= 15 is 0 Å². The molecule has 9 nitrogen and oxygen atoms in total. The number of amides is 4. The number of nitrogens with zero attached hydrogens (tertiary/aromatic N) is 6. The Labute approximate surface area is 127 Å². The monoisotopic (exact) mass is 302 g/mol. The molecule has 2 rings (SSSR count). The molecule has 2 saturated heterocycles. The number of ether oxygens (including phenoxy) is 1. The standard InChI is InChI=1S/C13H14N6O3/c14-4-1-7-17-10-11(22-10)18(8-2-5-15)13(21)19(12(17)20)9-3-6-16/h10-11H,1-3,7-9H2. The van der Waals surface area contributed by atoms with Crippen LogP contribution < -0.4 is 0 Å². The van der Waals surface area contributed by atoms with Crippen molar-refractivity contribution < 1.29 is 14.3 Å². The van der Waals surface area contributed by atoms with Crippen molar-refractivity contribution in [3.05, 3.63) is 0 Å². The molecular formula is C13H14N6O3. The third-order valence-electron chi connectivity index (χ3n) is 3.39. The molecule has 0 bridgehead atoms. The number of rotatable bonds is 6. The molecule has 0 aliphatic carbocycles. The molecule has 4 amide bonds. The van der Waals surface area contributed by atoms with Gasteiger partial charge in [0.25, 0.3) is 0 Å². The molecule has 2 fully saturated rings. The molecule has 0 aromatic rings. The zero-order valence-corrected chi connectivity index (χ0v) is 11.8. The predicted molar refractivity (Wildman–Crippen MR) is 70.3 cm³/mol. The van der Waals surface area contributed by atoms with Crippen LogP contribution in [0.25, 0.3) is 0 Å². The average Bonchev–Trinajstić information content (AvgIpc) is 3.28. The first-order valence-electron chi connectivity index (χ1n) is 6.80. The predicted octanol–water partition coefficient (Wildman–Crippen LogP) is 0.569. The van der Waals surface area contributed by atoms with Gasteiger partial charge in [-0.25, -0.2) is 14.5 Å². The van der Waals surface area contributed by atoms with E-state index in [1.807, 2.05) is 18.2 Å². The van der Waals surface area contributed by atoms with Crippen LogP contribution in [0.5, 0.6) is 0 Å². The van der Waals surface area contributed by atoms with Crippen molar-refractivity contribution in [3.8, 4) is 18.2 Å². The molecule has 9 heteroatoms. The Bertz CT molecular complexity index is 544. The summed E-state index contributed by atoms with van der Waals surface area (Å²) < 4.78 is 5.37. The van der Waals surface area contributed by atoms with Crippen molar-refractivity contribution in [2.75, 3.05) is 19.6 Å². The largest absolute Gasteiger partial charge is 0.330 e. The lowest BCUT2D eigenvalue weighted by Gasteiger charge is -2.27. The fourth-order valence-electron chi connectivity index (χ4n) is 2.30. The number of urea groups is 2. The Morgan fingerprint density at radius 1 is 0.818 bits per heavy atom. The molecule has 2 unspecified atom stereocenters. The van der Waals surface area contributed by atoms with Crippen LogP contribution in [-0.2, 0) is 4.74 Å². The summed E-state index contributed by atoms with van der Waals surface area (Å²) in [4.78, 5) is 28.6. The smallest absolute Gasteiger partial charge is 0.325 e. The molecule has 0 saturated carbocycles. The van der Waals surface area contributed by atoms with Crippen LogP contribution in [0.3, 0.4) is 0 Å². The molecule has 2 heterocycles. The van der Waals surface area contributed by atoms with E-state index in [4.69, 9.17) is 20.5 Å². The molecule has 0 spiro atoms. The first kappa shape index (κ1) is 15.6. The normalized spacial score (nSPS) is 23.2. The van der Waals surface area contributed by atoms with Gasteiger partial charge in [0.1, 0.15) is 0 Å². The second-order valence-electron chi connectivity index (χ2n) is 4.75. The van der Waals surface area contributed by atoms with Crippen LogP contribution in [0.1, 0.15) is 19.3 Å². The lowest BCUT2D eigenvalue weighted by atomic mass is 10.4. The lowest BCUT2D eigenvalue weighted by molar-refractivity contribution is 0.108. The first-order valence-corrected chi connectivity index (χ1v) is 6.80. The SMILES string of the molecule is N#CCCN1C(=O)N(CCC#N)C2OC2N(CCC#N)C1=O. The van der Waals surface area contributed by atoms with Gasteiger partial charge in [-0.2, -0.15) is 15.8 Å². The maximum absolute atomic E-state index is 12.5. The van der Waals surface area contributed by atoms with Crippen LogP contribution in [0.15, 0.2) is 0 Å². The third kappa shape index (κ3) is 2.93. The molecule has 0 radical (unpaired) electrons. The summed E-state index contributed by atoms with van der Waals surface area (Å²) >= 11 is 0. The van der Waals surface area contributed by atoms with E-state index in [2.05, 4.69) is 0 Å². The van der Waals surface area contributed by atoms with Gasteiger partial charge in [0.2, 0.25) is 0 Å². The highest BCUT2D eigenvalue weighted by Crippen LogP contribution is 2.34. The number of nitriles is 3. The van der Waals surface area contributed by atoms with Gasteiger partial charge >= 0.3 is 12.1 Å². The molecule has 2 atom stereocenters. The van der Waals surface area contributed by atoms with E-state index in [1.54, 1.807) is 0 Å². The van der Waals surface area contributed by atoms with Gasteiger partial charge < -0.3 is 4.74 Å². The van der Waals surface area contributed by atoms with E-state index in [0.29, 0.717) is 0 Å². The number of fused-ring (bicyclic) bond motifs is 1. The zero-order chi connectivity index (χ0) is 16.1. The summed E-state index contributed by atoms with van der Waals surface area (Å²) in [5, 5.41) is 26.0. The number of imide groups is 1. The number of carbonyl (C=O) groups is 2. The van der Waals surface area contributed by atoms with Gasteiger partial charge in [-0.3, -0.25) is 9.80 Å². The Balaban J connectivity index is 2.21. The van der Waals surface area contributed by atoms with E-state index in [0.717, 1.165) is 4.90 Å². The summed E-state index contributed by atoms with van der Waals surface area (Å²) in [6.45, 7) is 0.275. The molecule has 0 N–H and O–H groups in total. The summed E-state index contributed by atoms with van der Waals surface area (Å²) in [6, 6.07) is 4.66. The van der Waals surface area contributed by atoms with Crippen LogP contribution >= 0.6 is 0 Å². The average molecular weight is 302 g/mol. The fourth-order valence-corrected chi connectivity index (χ4v) is 2.30. The molecule has 2 aliphatic rings. The third-order valence-corrected chi connectivity index (χ3v) is 3.39. The van der Waals surface area contributed by atoms with Gasteiger partial charge in [0.15, 0.2) is 12.5 Å². The van der Waals surface area contributed by atoms with E-state index in [9.17, 15) is 9.59 Å². The Morgan fingerprint density at radius 3 is 1.64 bits per heavy atom. The highest BCUT2D eigenvalue weighted by atomic mass is 16.6. The van der Waals surface area contributed by atoms with Crippen molar-refractivity contribution in [1.29, 1.82) is 15.8 Å². The lowest BCUT2D eigenvalue weighted by Crippen LogP contribution is -2.49. The van der Waals surface area contributed by atoms with Gasteiger partial charge in [-0.15, -0.1) is 0 Å². The molecule has 22 heavy (non-hydrogen) atoms. The first-order chi connectivity index (χ1) is 10.7. The van der Waals surface area contributed by atoms with Crippen LogP contribution in [0.2, 0.25) is 0 Å². The number of carbonyl (C=O) groups excluding carboxylic acids is 2. The maximum Gasteiger partial charge on any atom is 0.330 e. The molecular weight excluding hydrogens is 288 g/mol. The second kappa shape index (κ2) is 6.75. The van der Waals surface area contributed by atoms with E-state index in [1.165, 1.54) is 9.80 Å². The molecule has 0 aromatic heterocycles. The fraction of sp³-hybridized carbons (Fsp3) is 0.615. The highest BCUT2D eigenvalue weighted by Gasteiger charge is 2.56. The zero-order valence-electron chi connectivity index (χ0n) is 11.8. The van der Waals surface area contributed by atoms with Gasteiger partial charge in [-0.05, 0) is 0 Å². The molecule has 114 valence electrons. The van der Waals surface area contributed by atoms with Gasteiger partial charge in [0, 0.05) is 19.6 Å². The summed E-state index contributed by atoms with van der Waals surface area (Å²) in [7, 11) is 0. The summed E-state index contributed by atoms with van der Waals surface area (Å²) in [6.07, 6.45) is -0.912. The minimum Gasteiger partial charge on any atom is -0.325 e. The maximum atomic E-state index is 12.5. The molecule has 0 aromatic carbocycles. The van der Waals surface area contributed by atoms with Crippen molar-refractivity contribution in [2.45, 2.75) is 31.7 Å². The number of hydrogen-bond donors (Lipinski definition) is 0. The Kier molecular flexibility index (Phi) is 4.77. The molecule has 2 aliphatic heterocycles. The van der Waals surface area contributed by atoms with Crippen LogP contribution in [-0.4, -0.2) is 58.9 Å². The Morgan fingerprint density at radius 2 is 1.23 bits per heavy atom. The van der Waals surface area contributed by atoms with E-state index < -0.39 is 24.5 Å². The van der Waals surface area contributed by atoms with Crippen molar-refractivity contribution in [1.82, 2.24) is 14.7 Å².